The molecule has 0 saturated heterocycles. The monoisotopic (exact) mass is 785 g/mol. The Bertz CT molecular complexity index is 2740. The number of aromatic amines is 1. The first-order valence-electron chi connectivity index (χ1n) is 18.3. The maximum Gasteiger partial charge on any atom is 0.305 e. The Morgan fingerprint density at radius 1 is 0.759 bits per heavy atom. The van der Waals surface area contributed by atoms with Crippen LogP contribution in [0, 0.1) is 24.0 Å². The first-order chi connectivity index (χ1) is 28.1. The minimum absolute atomic E-state index is 0.0463. The van der Waals surface area contributed by atoms with E-state index in [2.05, 4.69) is 36.0 Å². The molecule has 0 aliphatic heterocycles. The minimum Gasteiger partial charge on any atom is -0.481 e. The van der Waals surface area contributed by atoms with Gasteiger partial charge in [-0.15, -0.1) is 6.42 Å². The molecule has 294 valence electrons. The van der Waals surface area contributed by atoms with Crippen molar-refractivity contribution in [3.05, 3.63) is 141 Å². The quantitative estimate of drug-likeness (QED) is 0.0746. The number of nitrogens with zero attached hydrogens (tertiary/aromatic N) is 6. The summed E-state index contributed by atoms with van der Waals surface area (Å²) in [5.41, 5.74) is 3.57. The Kier molecular flexibility index (Phi) is 12.9. The van der Waals surface area contributed by atoms with Gasteiger partial charge in [0.05, 0.1) is 46.5 Å². The number of ether oxygens (including phenoxy) is 1. The van der Waals surface area contributed by atoms with E-state index in [0.29, 0.717) is 101 Å². The molecule has 0 atom stereocenters. The summed E-state index contributed by atoms with van der Waals surface area (Å²) >= 11 is 0. The molecular formula is C43H37F2N7O6. The summed E-state index contributed by atoms with van der Waals surface area (Å²) in [7, 11) is 1.35. The van der Waals surface area contributed by atoms with E-state index < -0.39 is 11.8 Å². The lowest BCUT2D eigenvalue weighted by atomic mass is 10.1. The molecule has 7 rings (SSSR count). The average molecular weight is 786 g/mol. The zero-order valence-electron chi connectivity index (χ0n) is 31.3. The number of carboxylic acid groups (broad SMARTS) is 1. The molecule has 0 unspecified atom stereocenters. The maximum atomic E-state index is 13.4. The predicted octanol–water partition coefficient (Wildman–Crippen LogP) is 6.50. The third-order valence-electron chi connectivity index (χ3n) is 9.22. The Hall–Kier alpha value is -7.34. The van der Waals surface area contributed by atoms with E-state index in [-0.39, 0.29) is 29.3 Å². The van der Waals surface area contributed by atoms with Gasteiger partial charge in [0, 0.05) is 36.8 Å². The number of nitrogens with one attached hydrogen (secondary N) is 1. The van der Waals surface area contributed by atoms with Crippen molar-refractivity contribution in [3.8, 4) is 35.0 Å². The highest BCUT2D eigenvalue weighted by Gasteiger charge is 2.16. The normalized spacial score (nSPS) is 10.9. The van der Waals surface area contributed by atoms with Gasteiger partial charge in [-0.25, -0.2) is 18.7 Å². The van der Waals surface area contributed by atoms with Crippen LogP contribution in [0.2, 0.25) is 0 Å². The molecule has 0 aliphatic carbocycles. The first kappa shape index (κ1) is 40.3. The maximum absolute atomic E-state index is 13.4. The summed E-state index contributed by atoms with van der Waals surface area (Å²) in [5.74, 6) is 1.63. The number of carbonyl (C=O) groups excluding carboxylic acids is 1. The minimum atomic E-state index is -0.866. The molecule has 3 heterocycles. The molecule has 0 aliphatic rings. The van der Waals surface area contributed by atoms with Crippen molar-refractivity contribution in [3.63, 3.8) is 0 Å². The smallest absolute Gasteiger partial charge is 0.305 e. The number of carboxylic acids is 1. The van der Waals surface area contributed by atoms with Gasteiger partial charge in [-0.05, 0) is 105 Å². The van der Waals surface area contributed by atoms with Gasteiger partial charge in [0.1, 0.15) is 29.0 Å². The van der Waals surface area contributed by atoms with Crippen LogP contribution in [-0.2, 0) is 27.2 Å². The van der Waals surface area contributed by atoms with E-state index in [4.69, 9.17) is 11.5 Å². The van der Waals surface area contributed by atoms with Crippen molar-refractivity contribution in [1.82, 2.24) is 34.5 Å². The van der Waals surface area contributed by atoms with E-state index in [0.717, 1.165) is 5.56 Å². The van der Waals surface area contributed by atoms with Crippen molar-refractivity contribution in [2.24, 2.45) is 0 Å². The van der Waals surface area contributed by atoms with Crippen LogP contribution in [0.15, 0.2) is 101 Å². The number of carbonyl (C=O) groups is 2. The summed E-state index contributed by atoms with van der Waals surface area (Å²) < 4.78 is 34.3. The Balaban J connectivity index is 0.000000196. The highest BCUT2D eigenvalue weighted by molar-refractivity contribution is 5.83. The van der Waals surface area contributed by atoms with Crippen molar-refractivity contribution in [1.29, 1.82) is 0 Å². The number of terminal acetylenes is 1. The molecule has 0 fully saturated rings. The van der Waals surface area contributed by atoms with Gasteiger partial charge in [-0.3, -0.25) is 28.3 Å². The van der Waals surface area contributed by atoms with Crippen LogP contribution in [0.3, 0.4) is 0 Å². The Morgan fingerprint density at radius 3 is 1.79 bits per heavy atom. The fraction of sp³-hybridized carbons (Fsp3) is 0.209. The zero-order valence-corrected chi connectivity index (χ0v) is 31.3. The first-order valence-corrected chi connectivity index (χ1v) is 18.3. The van der Waals surface area contributed by atoms with E-state index in [1.807, 2.05) is 0 Å². The van der Waals surface area contributed by atoms with Crippen LogP contribution in [0.5, 0.6) is 0 Å². The number of methoxy groups -OCH3 is 1. The second kappa shape index (κ2) is 18.5. The fourth-order valence-corrected chi connectivity index (χ4v) is 6.32. The predicted molar refractivity (Wildman–Crippen MR) is 213 cm³/mol. The van der Waals surface area contributed by atoms with Gasteiger partial charge in [0.2, 0.25) is 0 Å². The molecule has 3 aromatic heterocycles. The number of rotatable bonds is 13. The van der Waals surface area contributed by atoms with E-state index in [1.54, 1.807) is 42.6 Å². The number of halogens is 2. The number of aryl methyl sites for hydroxylation is 2. The molecule has 13 nitrogen and oxygen atoms in total. The summed E-state index contributed by atoms with van der Waals surface area (Å²) in [6.45, 7) is 0. The summed E-state index contributed by atoms with van der Waals surface area (Å²) in [4.78, 5) is 57.8. The molecular weight excluding hydrogens is 749 g/mol. The van der Waals surface area contributed by atoms with Crippen LogP contribution >= 0.6 is 0 Å². The number of aromatic nitrogens is 7. The van der Waals surface area contributed by atoms with Crippen LogP contribution in [0.25, 0.3) is 44.4 Å². The number of hydrogen-bond donors (Lipinski definition) is 2. The molecule has 0 bridgehead atoms. The van der Waals surface area contributed by atoms with Crippen molar-refractivity contribution in [2.75, 3.05) is 7.11 Å². The lowest BCUT2D eigenvalue weighted by Gasteiger charge is -2.14. The molecule has 0 saturated carbocycles. The van der Waals surface area contributed by atoms with Crippen LogP contribution < -0.4 is 11.1 Å². The van der Waals surface area contributed by atoms with Gasteiger partial charge in [-0.1, -0.05) is 12.0 Å². The molecule has 7 aromatic rings. The van der Waals surface area contributed by atoms with Crippen molar-refractivity contribution in [2.45, 2.75) is 51.4 Å². The lowest BCUT2D eigenvalue weighted by Crippen LogP contribution is -2.24. The molecule has 58 heavy (non-hydrogen) atoms. The van der Waals surface area contributed by atoms with E-state index >= 15 is 0 Å². The fourth-order valence-electron chi connectivity index (χ4n) is 6.32. The number of esters is 1. The number of fused-ring (bicyclic) bond motifs is 2. The zero-order chi connectivity index (χ0) is 41.2. The van der Waals surface area contributed by atoms with Crippen LogP contribution in [0.4, 0.5) is 8.78 Å². The van der Waals surface area contributed by atoms with Gasteiger partial charge in [-0.2, -0.15) is 15.4 Å². The Labute approximate surface area is 330 Å². The molecule has 0 radical (unpaired) electrons. The Morgan fingerprint density at radius 2 is 1.29 bits per heavy atom. The highest BCUT2D eigenvalue weighted by atomic mass is 19.1. The molecule has 2 N–H and O–H groups in total. The number of aliphatic carboxylic acids is 1. The molecule has 4 aromatic carbocycles. The summed E-state index contributed by atoms with van der Waals surface area (Å²) in [6.07, 6.45) is 10.5. The van der Waals surface area contributed by atoms with Crippen molar-refractivity contribution >= 4 is 33.7 Å². The number of H-pyrrole nitrogens is 1. The lowest BCUT2D eigenvalue weighted by molar-refractivity contribution is -0.140. The molecule has 0 spiro atoms. The van der Waals surface area contributed by atoms with Crippen LogP contribution in [-0.4, -0.2) is 58.7 Å². The summed E-state index contributed by atoms with van der Waals surface area (Å²) in [5, 5.41) is 20.1. The number of hydrogen-bond acceptors (Lipinski definition) is 9. The standard InChI is InChI=1S/C22H19FN2O3.C21H18FN5O3/c1-3-15-8-13-18-19(14-15)24-20(6-4-5-7-21(26)28-2)25(22(18)27)17-11-9-16(23)10-12-17;22-14-6-8-15(9-7-14)27-19(3-1-2-4-20(28)29)24-17-11-13(18-12-23-26-25-18)5-10-16(17)21(27)30/h1,8-14H,4-7H2,2H3;5-12H,1-4H2,(H,28,29)(H,23,25,26). The number of benzene rings is 4. The third-order valence-corrected chi connectivity index (χ3v) is 9.22. The molecule has 15 heteroatoms. The van der Waals surface area contributed by atoms with E-state index in [9.17, 15) is 28.0 Å². The third kappa shape index (κ3) is 9.54. The SMILES string of the molecule is C#Cc1ccc2c(=O)n(-c3ccc(F)cc3)c(CCCCC(=O)OC)nc2c1.O=C(O)CCCCc1nc2cc(-c3cn[nH]n3)ccc2c(=O)n1-c1ccc(F)cc1. The molecule has 0 amide bonds. The largest absolute Gasteiger partial charge is 0.481 e. The van der Waals surface area contributed by atoms with Crippen molar-refractivity contribution < 1.29 is 28.2 Å². The number of unbranched alkanes of at least 4 members (excludes halogenated alkanes) is 2. The average Bonchev–Trinajstić information content (AvgIpc) is 3.77. The van der Waals surface area contributed by atoms with E-state index in [1.165, 1.54) is 64.8 Å². The highest BCUT2D eigenvalue weighted by Crippen LogP contribution is 2.22. The second-order valence-electron chi connectivity index (χ2n) is 13.1. The van der Waals surface area contributed by atoms with Gasteiger partial charge in [0.15, 0.2) is 0 Å². The van der Waals surface area contributed by atoms with Gasteiger partial charge in [0.25, 0.3) is 11.1 Å². The summed E-state index contributed by atoms with van der Waals surface area (Å²) in [6, 6.07) is 21.6. The second-order valence-corrected chi connectivity index (χ2v) is 13.1. The van der Waals surface area contributed by atoms with Gasteiger partial charge >= 0.3 is 11.9 Å². The van der Waals surface area contributed by atoms with Crippen LogP contribution in [0.1, 0.15) is 55.7 Å². The van der Waals surface area contributed by atoms with Gasteiger partial charge < -0.3 is 9.84 Å². The topological polar surface area (TPSA) is 175 Å².